The van der Waals surface area contributed by atoms with Crippen molar-refractivity contribution in [3.05, 3.63) is 59.5 Å². The van der Waals surface area contributed by atoms with Crippen LogP contribution in [-0.4, -0.2) is 86.7 Å². The van der Waals surface area contributed by atoms with Gasteiger partial charge in [0.15, 0.2) is 11.4 Å². The van der Waals surface area contributed by atoms with Crippen molar-refractivity contribution in [1.82, 2.24) is 33.6 Å². The van der Waals surface area contributed by atoms with E-state index in [1.807, 2.05) is 33.5 Å². The molecule has 12 nitrogen and oxygen atoms in total. The number of furan rings is 1. The third-order valence-electron chi connectivity index (χ3n) is 7.71. The molecule has 0 atom stereocenters. The van der Waals surface area contributed by atoms with Gasteiger partial charge in [0.1, 0.15) is 29.9 Å². The van der Waals surface area contributed by atoms with E-state index in [0.717, 1.165) is 51.3 Å². The zero-order valence-corrected chi connectivity index (χ0v) is 22.5. The highest BCUT2D eigenvalue weighted by Crippen LogP contribution is 2.35. The van der Waals surface area contributed by atoms with Crippen LogP contribution < -0.4 is 15.3 Å². The Hall–Kier alpha value is -4.16. The molecule has 1 aliphatic carbocycles. The van der Waals surface area contributed by atoms with E-state index in [-0.39, 0.29) is 11.7 Å². The van der Waals surface area contributed by atoms with E-state index < -0.39 is 0 Å². The van der Waals surface area contributed by atoms with Crippen LogP contribution in [0.2, 0.25) is 0 Å². The molecule has 40 heavy (non-hydrogen) atoms. The number of ether oxygens (including phenoxy) is 2. The molecular weight excluding hydrogens is 512 g/mol. The first-order valence-corrected chi connectivity index (χ1v) is 13.8. The van der Waals surface area contributed by atoms with E-state index >= 15 is 0 Å². The Morgan fingerprint density at radius 3 is 2.55 bits per heavy atom. The Bertz CT molecular complexity index is 1660. The molecule has 7 rings (SSSR count). The van der Waals surface area contributed by atoms with Gasteiger partial charge in [-0.25, -0.2) is 24.0 Å². The summed E-state index contributed by atoms with van der Waals surface area (Å²) >= 11 is 0. The summed E-state index contributed by atoms with van der Waals surface area (Å²) in [5, 5.41) is 0. The maximum atomic E-state index is 13.6. The molecule has 0 unspecified atom stereocenters. The van der Waals surface area contributed by atoms with Crippen LogP contribution in [0.15, 0.2) is 58.2 Å². The zero-order chi connectivity index (χ0) is 27.1. The first kappa shape index (κ1) is 24.9. The van der Waals surface area contributed by atoms with Crippen LogP contribution in [0.1, 0.15) is 18.9 Å². The molecule has 1 saturated carbocycles. The van der Waals surface area contributed by atoms with Crippen LogP contribution in [-0.2, 0) is 11.3 Å². The molecular formula is C28H32N8O4. The minimum atomic E-state index is -0.0346. The first-order chi connectivity index (χ1) is 19.7. The monoisotopic (exact) mass is 544 g/mol. The maximum absolute atomic E-state index is 13.6. The van der Waals surface area contributed by atoms with Crippen molar-refractivity contribution >= 4 is 22.6 Å². The van der Waals surface area contributed by atoms with Crippen molar-refractivity contribution in [2.75, 3.05) is 57.9 Å². The molecule has 1 saturated heterocycles. The molecule has 0 radical (unpaired) electrons. The fourth-order valence-electron chi connectivity index (χ4n) is 5.46. The van der Waals surface area contributed by atoms with Crippen molar-refractivity contribution < 1.29 is 13.9 Å². The van der Waals surface area contributed by atoms with Gasteiger partial charge in [-0.2, -0.15) is 4.98 Å². The third-order valence-corrected chi connectivity index (χ3v) is 7.71. The van der Waals surface area contributed by atoms with Gasteiger partial charge in [0.05, 0.1) is 18.9 Å². The Labute approximate surface area is 230 Å². The van der Waals surface area contributed by atoms with Gasteiger partial charge in [-0.05, 0) is 49.2 Å². The van der Waals surface area contributed by atoms with Crippen molar-refractivity contribution in [2.45, 2.75) is 25.4 Å². The average molecular weight is 545 g/mol. The van der Waals surface area contributed by atoms with Crippen LogP contribution in [0, 0.1) is 0 Å². The van der Waals surface area contributed by atoms with Gasteiger partial charge in [-0.3, -0.25) is 9.47 Å². The third kappa shape index (κ3) is 4.52. The second-order valence-corrected chi connectivity index (χ2v) is 10.3. The highest BCUT2D eigenvalue weighted by atomic mass is 16.5. The Morgan fingerprint density at radius 2 is 1.82 bits per heavy atom. The van der Waals surface area contributed by atoms with Crippen molar-refractivity contribution in [2.24, 2.45) is 0 Å². The fourth-order valence-corrected chi connectivity index (χ4v) is 5.46. The van der Waals surface area contributed by atoms with Crippen molar-refractivity contribution in [3.63, 3.8) is 0 Å². The molecule has 2 fully saturated rings. The second-order valence-electron chi connectivity index (χ2n) is 10.3. The van der Waals surface area contributed by atoms with Gasteiger partial charge in [-0.1, -0.05) is 0 Å². The van der Waals surface area contributed by atoms with Crippen molar-refractivity contribution in [1.29, 1.82) is 0 Å². The number of anilines is 1. The maximum Gasteiger partial charge on any atom is 0.346 e. The summed E-state index contributed by atoms with van der Waals surface area (Å²) in [6.07, 6.45) is 5.07. The number of piperazine rings is 1. The standard InChI is InChI=1S/C28H32N8O4/c1-38-17-18-39-22-8-6-20(7-9-22)33-13-10-32(11-14-33)12-15-34-27-31-26-25(36(27)35(28(34)37)21-4-5-21)24(29-19-30-26)23-3-2-16-40-23/h2-3,6-9,16,19,21H,4-5,10-15,17-18H2,1H3. The number of aromatic nitrogens is 6. The quantitative estimate of drug-likeness (QED) is 0.245. The van der Waals surface area contributed by atoms with E-state index in [4.69, 9.17) is 18.9 Å². The number of hydrogen-bond acceptors (Lipinski definition) is 9. The van der Waals surface area contributed by atoms with Gasteiger partial charge in [0.25, 0.3) is 0 Å². The Balaban J connectivity index is 1.08. The van der Waals surface area contributed by atoms with Gasteiger partial charge >= 0.3 is 5.69 Å². The Morgan fingerprint density at radius 1 is 1.00 bits per heavy atom. The second kappa shape index (κ2) is 10.4. The lowest BCUT2D eigenvalue weighted by molar-refractivity contribution is 0.146. The van der Waals surface area contributed by atoms with Gasteiger partial charge in [0.2, 0.25) is 5.78 Å². The van der Waals surface area contributed by atoms with Crippen LogP contribution in [0.3, 0.4) is 0 Å². The normalized spacial score (nSPS) is 16.4. The molecule has 12 heteroatoms. The van der Waals surface area contributed by atoms with Gasteiger partial charge in [-0.15, -0.1) is 0 Å². The molecule has 4 aromatic heterocycles. The SMILES string of the molecule is COCCOc1ccc(N2CCN(CCn3c(=O)n(C4CC4)n4c5c(-c6ccco6)ncnc5nc34)CC2)cc1. The number of hydrogen-bond donors (Lipinski definition) is 0. The number of rotatable bonds is 10. The molecule has 208 valence electrons. The van der Waals surface area contributed by atoms with E-state index in [1.54, 1.807) is 17.9 Å². The molecule has 0 N–H and O–H groups in total. The molecule has 0 spiro atoms. The van der Waals surface area contributed by atoms with Gasteiger partial charge < -0.3 is 18.8 Å². The van der Waals surface area contributed by atoms with E-state index in [2.05, 4.69) is 31.9 Å². The summed E-state index contributed by atoms with van der Waals surface area (Å²) in [6, 6.07) is 12.1. The van der Waals surface area contributed by atoms with Crippen LogP contribution in [0.5, 0.6) is 5.75 Å². The fraction of sp³-hybridized carbons (Fsp3) is 0.429. The molecule has 0 bridgehead atoms. The van der Waals surface area contributed by atoms with Crippen LogP contribution in [0.4, 0.5) is 5.69 Å². The molecule has 5 aromatic rings. The number of benzene rings is 1. The van der Waals surface area contributed by atoms with E-state index in [1.165, 1.54) is 12.0 Å². The average Bonchev–Trinajstić information content (AvgIpc) is 3.41. The Kier molecular flexibility index (Phi) is 6.48. The summed E-state index contributed by atoms with van der Waals surface area (Å²) in [6.45, 7) is 6.13. The highest BCUT2D eigenvalue weighted by Gasteiger charge is 2.32. The van der Waals surface area contributed by atoms with E-state index in [0.29, 0.717) is 48.2 Å². The van der Waals surface area contributed by atoms with Crippen LogP contribution >= 0.6 is 0 Å². The van der Waals surface area contributed by atoms with Gasteiger partial charge in [0, 0.05) is 52.1 Å². The summed E-state index contributed by atoms with van der Waals surface area (Å²) in [5.41, 5.74) is 3.06. The minimum absolute atomic E-state index is 0.0346. The number of nitrogens with zero attached hydrogens (tertiary/aromatic N) is 8. The summed E-state index contributed by atoms with van der Waals surface area (Å²) in [5.74, 6) is 2.08. The molecule has 0 amide bonds. The molecule has 2 aliphatic rings. The van der Waals surface area contributed by atoms with Crippen molar-refractivity contribution in [3.8, 4) is 17.2 Å². The first-order valence-electron chi connectivity index (χ1n) is 13.8. The zero-order valence-electron chi connectivity index (χ0n) is 22.5. The highest BCUT2D eigenvalue weighted by molar-refractivity contribution is 5.87. The predicted octanol–water partition coefficient (Wildman–Crippen LogP) is 2.68. The summed E-state index contributed by atoms with van der Waals surface area (Å²) in [7, 11) is 1.67. The minimum Gasteiger partial charge on any atom is -0.491 e. The van der Waals surface area contributed by atoms with Crippen LogP contribution in [0.25, 0.3) is 28.4 Å². The molecule has 1 aromatic carbocycles. The summed E-state index contributed by atoms with van der Waals surface area (Å²) < 4.78 is 21.9. The lowest BCUT2D eigenvalue weighted by atomic mass is 10.2. The number of fused-ring (bicyclic) bond motifs is 3. The number of imidazole rings is 1. The predicted molar refractivity (Wildman–Crippen MR) is 149 cm³/mol. The smallest absolute Gasteiger partial charge is 0.346 e. The topological polar surface area (TPSA) is 108 Å². The number of methoxy groups -OCH3 is 1. The lowest BCUT2D eigenvalue weighted by Crippen LogP contribution is -2.47. The molecule has 5 heterocycles. The summed E-state index contributed by atoms with van der Waals surface area (Å²) in [4.78, 5) is 32.1. The largest absolute Gasteiger partial charge is 0.491 e. The van der Waals surface area contributed by atoms with E-state index in [9.17, 15) is 4.79 Å². The molecule has 1 aliphatic heterocycles. The lowest BCUT2D eigenvalue weighted by Gasteiger charge is -2.36.